The molecule has 1 N–H and O–H groups in total. The molecule has 0 atom stereocenters. The standard InChI is InChI=1S/C16H26N2O3S/c1-13(2)12-22(19,20)18-9-7-14(8-10-18)17-15-5-4-6-16(11-15)21-3/h4-6,11,13-14,17H,7-10,12H2,1-3H3. The van der Waals surface area contributed by atoms with Crippen LogP contribution in [0.5, 0.6) is 5.75 Å². The molecule has 0 amide bonds. The first-order valence-electron chi connectivity index (χ1n) is 7.79. The van der Waals surface area contributed by atoms with Crippen molar-refractivity contribution in [3.63, 3.8) is 0 Å². The molecule has 0 aliphatic carbocycles. The monoisotopic (exact) mass is 326 g/mol. The molecule has 0 bridgehead atoms. The Morgan fingerprint density at radius 1 is 1.32 bits per heavy atom. The predicted octanol–water partition coefficient (Wildman–Crippen LogP) is 2.56. The third kappa shape index (κ3) is 4.61. The van der Waals surface area contributed by atoms with Crippen molar-refractivity contribution in [1.29, 1.82) is 0 Å². The second kappa shape index (κ2) is 7.33. The summed E-state index contributed by atoms with van der Waals surface area (Å²) < 4.78 is 31.3. The van der Waals surface area contributed by atoms with E-state index in [1.54, 1.807) is 11.4 Å². The molecule has 1 heterocycles. The minimum atomic E-state index is -3.10. The summed E-state index contributed by atoms with van der Waals surface area (Å²) in [5, 5.41) is 3.47. The van der Waals surface area contributed by atoms with Gasteiger partial charge < -0.3 is 10.1 Å². The van der Waals surface area contributed by atoms with Crippen molar-refractivity contribution >= 4 is 15.7 Å². The number of sulfonamides is 1. The third-order valence-electron chi connectivity index (χ3n) is 3.83. The Hall–Kier alpha value is -1.27. The summed E-state index contributed by atoms with van der Waals surface area (Å²) in [6.07, 6.45) is 1.66. The number of anilines is 1. The Morgan fingerprint density at radius 3 is 2.59 bits per heavy atom. The normalized spacial score (nSPS) is 17.6. The molecule has 0 saturated carbocycles. The number of methoxy groups -OCH3 is 1. The minimum Gasteiger partial charge on any atom is -0.497 e. The van der Waals surface area contributed by atoms with Crippen molar-refractivity contribution in [2.45, 2.75) is 32.7 Å². The number of nitrogens with zero attached hydrogens (tertiary/aromatic N) is 1. The van der Waals surface area contributed by atoms with Gasteiger partial charge in [0.1, 0.15) is 5.75 Å². The number of piperidine rings is 1. The van der Waals surface area contributed by atoms with Gasteiger partial charge in [0.15, 0.2) is 0 Å². The summed E-state index contributed by atoms with van der Waals surface area (Å²) in [7, 11) is -1.45. The topological polar surface area (TPSA) is 58.6 Å². The highest BCUT2D eigenvalue weighted by Crippen LogP contribution is 2.22. The molecular formula is C16H26N2O3S. The third-order valence-corrected chi connectivity index (χ3v) is 6.07. The number of ether oxygens (including phenoxy) is 1. The fourth-order valence-electron chi connectivity index (χ4n) is 2.75. The van der Waals surface area contributed by atoms with E-state index in [1.165, 1.54) is 0 Å². The molecule has 124 valence electrons. The van der Waals surface area contributed by atoms with Crippen LogP contribution in [0.15, 0.2) is 24.3 Å². The minimum absolute atomic E-state index is 0.164. The quantitative estimate of drug-likeness (QED) is 0.873. The van der Waals surface area contributed by atoms with Crippen LogP contribution in [0.2, 0.25) is 0 Å². The van der Waals surface area contributed by atoms with Gasteiger partial charge in [0, 0.05) is 30.9 Å². The van der Waals surface area contributed by atoms with Gasteiger partial charge in [-0.1, -0.05) is 19.9 Å². The highest BCUT2D eigenvalue weighted by molar-refractivity contribution is 7.89. The Labute approximate surface area is 133 Å². The average molecular weight is 326 g/mol. The van der Waals surface area contributed by atoms with Crippen LogP contribution in [0.25, 0.3) is 0 Å². The van der Waals surface area contributed by atoms with Crippen LogP contribution in [0.3, 0.4) is 0 Å². The molecule has 0 spiro atoms. The fourth-order valence-corrected chi connectivity index (χ4v) is 4.57. The van der Waals surface area contributed by atoms with E-state index in [9.17, 15) is 8.42 Å². The van der Waals surface area contributed by atoms with Gasteiger partial charge in [-0.05, 0) is 30.9 Å². The summed E-state index contributed by atoms with van der Waals surface area (Å²) >= 11 is 0. The van der Waals surface area contributed by atoms with Gasteiger partial charge in [-0.15, -0.1) is 0 Å². The second-order valence-electron chi connectivity index (χ2n) is 6.22. The number of nitrogens with one attached hydrogen (secondary N) is 1. The van der Waals surface area contributed by atoms with E-state index < -0.39 is 10.0 Å². The summed E-state index contributed by atoms with van der Waals surface area (Å²) in [5.74, 6) is 1.22. The van der Waals surface area contributed by atoms with Gasteiger partial charge in [-0.2, -0.15) is 0 Å². The molecule has 1 saturated heterocycles. The maximum Gasteiger partial charge on any atom is 0.214 e. The van der Waals surface area contributed by atoms with Crippen LogP contribution in [0.4, 0.5) is 5.69 Å². The van der Waals surface area contributed by atoms with Gasteiger partial charge >= 0.3 is 0 Å². The summed E-state index contributed by atoms with van der Waals surface area (Å²) in [6.45, 7) is 5.07. The lowest BCUT2D eigenvalue weighted by Crippen LogP contribution is -2.43. The molecule has 5 nitrogen and oxygen atoms in total. The van der Waals surface area contributed by atoms with Crippen molar-refractivity contribution in [1.82, 2.24) is 4.31 Å². The summed E-state index contributed by atoms with van der Waals surface area (Å²) in [4.78, 5) is 0. The van der Waals surface area contributed by atoms with Crippen LogP contribution in [0.1, 0.15) is 26.7 Å². The molecule has 0 radical (unpaired) electrons. The van der Waals surface area contributed by atoms with Crippen molar-refractivity contribution in [2.75, 3.05) is 31.3 Å². The molecule has 0 unspecified atom stereocenters. The lowest BCUT2D eigenvalue weighted by atomic mass is 10.1. The number of hydrogen-bond donors (Lipinski definition) is 1. The lowest BCUT2D eigenvalue weighted by molar-refractivity contribution is 0.328. The predicted molar refractivity (Wildman–Crippen MR) is 89.8 cm³/mol. The highest BCUT2D eigenvalue weighted by atomic mass is 32.2. The van der Waals surface area contributed by atoms with Gasteiger partial charge in [-0.25, -0.2) is 12.7 Å². The first-order chi connectivity index (χ1) is 10.4. The van der Waals surface area contributed by atoms with Crippen molar-refractivity contribution in [3.05, 3.63) is 24.3 Å². The molecule has 6 heteroatoms. The maximum atomic E-state index is 12.2. The highest BCUT2D eigenvalue weighted by Gasteiger charge is 2.28. The van der Waals surface area contributed by atoms with E-state index in [4.69, 9.17) is 4.74 Å². The zero-order valence-corrected chi connectivity index (χ0v) is 14.4. The lowest BCUT2D eigenvalue weighted by Gasteiger charge is -2.32. The van der Waals surface area contributed by atoms with Gasteiger partial charge in [-0.3, -0.25) is 0 Å². The Kier molecular flexibility index (Phi) is 5.69. The Bertz CT molecular complexity index is 579. The average Bonchev–Trinajstić information content (AvgIpc) is 2.47. The zero-order valence-electron chi connectivity index (χ0n) is 13.6. The van der Waals surface area contributed by atoms with E-state index in [0.29, 0.717) is 19.1 Å². The van der Waals surface area contributed by atoms with E-state index in [-0.39, 0.29) is 11.7 Å². The van der Waals surface area contributed by atoms with Crippen LogP contribution < -0.4 is 10.1 Å². The van der Waals surface area contributed by atoms with Crippen molar-refractivity contribution in [3.8, 4) is 5.75 Å². The van der Waals surface area contributed by atoms with Crippen LogP contribution in [-0.4, -0.2) is 44.7 Å². The van der Waals surface area contributed by atoms with Crippen molar-refractivity contribution < 1.29 is 13.2 Å². The number of rotatable bonds is 6. The second-order valence-corrected chi connectivity index (χ2v) is 8.24. The Morgan fingerprint density at radius 2 is 2.00 bits per heavy atom. The molecule has 1 aromatic rings. The fraction of sp³-hybridized carbons (Fsp3) is 0.625. The Balaban J connectivity index is 1.89. The molecule has 1 fully saturated rings. The largest absolute Gasteiger partial charge is 0.497 e. The number of hydrogen-bond acceptors (Lipinski definition) is 4. The van der Waals surface area contributed by atoms with E-state index in [1.807, 2.05) is 38.1 Å². The molecule has 1 aliphatic rings. The molecule has 22 heavy (non-hydrogen) atoms. The summed E-state index contributed by atoms with van der Waals surface area (Å²) in [6, 6.07) is 8.12. The zero-order chi connectivity index (χ0) is 16.2. The summed E-state index contributed by atoms with van der Waals surface area (Å²) in [5.41, 5.74) is 1.02. The van der Waals surface area contributed by atoms with Gasteiger partial charge in [0.05, 0.1) is 12.9 Å². The maximum absolute atomic E-state index is 12.2. The van der Waals surface area contributed by atoms with Crippen LogP contribution >= 0.6 is 0 Å². The first-order valence-corrected chi connectivity index (χ1v) is 9.40. The van der Waals surface area contributed by atoms with Gasteiger partial charge in [0.2, 0.25) is 10.0 Å². The molecule has 0 aromatic heterocycles. The SMILES string of the molecule is COc1cccc(NC2CCN(S(=O)(=O)CC(C)C)CC2)c1. The number of benzene rings is 1. The van der Waals surface area contributed by atoms with E-state index in [0.717, 1.165) is 24.3 Å². The molecule has 1 aliphatic heterocycles. The van der Waals surface area contributed by atoms with E-state index in [2.05, 4.69) is 5.32 Å². The van der Waals surface area contributed by atoms with Gasteiger partial charge in [0.25, 0.3) is 0 Å². The molecular weight excluding hydrogens is 300 g/mol. The molecule has 2 rings (SSSR count). The van der Waals surface area contributed by atoms with Crippen molar-refractivity contribution in [2.24, 2.45) is 5.92 Å². The first kappa shape index (κ1) is 17.1. The van der Waals surface area contributed by atoms with Crippen LogP contribution in [-0.2, 0) is 10.0 Å². The smallest absolute Gasteiger partial charge is 0.214 e. The van der Waals surface area contributed by atoms with Crippen LogP contribution in [0, 0.1) is 5.92 Å². The van der Waals surface area contributed by atoms with E-state index >= 15 is 0 Å². The molecule has 1 aromatic carbocycles.